The fourth-order valence-electron chi connectivity index (χ4n) is 2.52. The molecule has 0 aliphatic heterocycles. The summed E-state index contributed by atoms with van der Waals surface area (Å²) in [6, 6.07) is 0. The number of carbonyl (C=O) groups excluding carboxylic acids is 1. The second-order valence-electron chi connectivity index (χ2n) is 7.37. The van der Waals surface area contributed by atoms with Gasteiger partial charge in [0.1, 0.15) is 0 Å². The molecular weight excluding hydrogens is 619 g/mol. The lowest BCUT2D eigenvalue weighted by molar-refractivity contribution is -0.144. The Balaban J connectivity index is 3.04. The molecule has 0 atom stereocenters. The molecule has 228 valence electrons. The van der Waals surface area contributed by atoms with Crippen LogP contribution in [0.15, 0.2) is 0 Å². The van der Waals surface area contributed by atoms with Crippen molar-refractivity contribution in [2.45, 2.75) is 13.3 Å². The third-order valence-electron chi connectivity index (χ3n) is 4.33. The Morgan fingerprint density at radius 1 is 0.421 bits per heavy atom. The van der Waals surface area contributed by atoms with E-state index in [1.54, 1.807) is 6.92 Å². The van der Waals surface area contributed by atoms with Crippen molar-refractivity contribution in [2.75, 3.05) is 143 Å². The van der Waals surface area contributed by atoms with Crippen LogP contribution in [-0.4, -0.2) is 149 Å². The molecule has 0 rings (SSSR count). The zero-order valence-corrected chi connectivity index (χ0v) is 25.2. The van der Waals surface area contributed by atoms with Gasteiger partial charge in [-0.3, -0.25) is 4.79 Å². The summed E-state index contributed by atoms with van der Waals surface area (Å²) in [5.74, 6) is -0.248. The van der Waals surface area contributed by atoms with Crippen LogP contribution in [0, 0.1) is 0 Å². The Bertz CT molecular complexity index is 462. The summed E-state index contributed by atoms with van der Waals surface area (Å²) >= 11 is 2.27. The average molecular weight is 669 g/mol. The molecule has 12 nitrogen and oxygen atoms in total. The maximum Gasteiger partial charge on any atom is 0.308 e. The van der Waals surface area contributed by atoms with Crippen LogP contribution < -0.4 is 0 Å². The highest BCUT2D eigenvalue weighted by molar-refractivity contribution is 14.1. The monoisotopic (exact) mass is 668 g/mol. The van der Waals surface area contributed by atoms with Gasteiger partial charge < -0.3 is 52.1 Å². The van der Waals surface area contributed by atoms with Gasteiger partial charge in [-0.15, -0.1) is 0 Å². The Morgan fingerprint density at radius 3 is 0.895 bits per heavy atom. The van der Waals surface area contributed by atoms with Crippen LogP contribution in [0.1, 0.15) is 13.3 Å². The topological polar surface area (TPSA) is 119 Å². The van der Waals surface area contributed by atoms with E-state index >= 15 is 0 Å². The lowest BCUT2D eigenvalue weighted by atomic mass is 10.5. The van der Waals surface area contributed by atoms with Gasteiger partial charge in [0.2, 0.25) is 0 Å². The first-order valence-corrected chi connectivity index (χ1v) is 14.8. The first-order chi connectivity index (χ1) is 18.8. The number of esters is 1. The standard InChI is InChI=1S/C25H49IO12/c1-2-38-25(27)3-5-28-7-9-30-11-13-32-15-17-34-19-21-36-23-24-37-22-20-35-18-16-33-14-12-31-10-8-29-6-4-26/h2-24H2,1H3. The van der Waals surface area contributed by atoms with E-state index in [-0.39, 0.29) is 12.4 Å². The van der Waals surface area contributed by atoms with Crippen molar-refractivity contribution < 1.29 is 56.9 Å². The molecule has 0 heterocycles. The molecule has 0 bridgehead atoms. The first kappa shape index (κ1) is 37.8. The summed E-state index contributed by atoms with van der Waals surface area (Å²) in [6.45, 7) is 12.6. The van der Waals surface area contributed by atoms with E-state index in [9.17, 15) is 4.79 Å². The lowest BCUT2D eigenvalue weighted by Crippen LogP contribution is -2.15. The summed E-state index contributed by atoms with van der Waals surface area (Å²) in [7, 11) is 0. The zero-order chi connectivity index (χ0) is 27.6. The van der Waals surface area contributed by atoms with Crippen molar-refractivity contribution in [3.05, 3.63) is 0 Å². The van der Waals surface area contributed by atoms with Crippen LogP contribution >= 0.6 is 22.6 Å². The molecule has 0 unspecified atom stereocenters. The van der Waals surface area contributed by atoms with Crippen LogP contribution in [0.4, 0.5) is 0 Å². The molecule has 0 aliphatic carbocycles. The molecule has 0 aromatic heterocycles. The van der Waals surface area contributed by atoms with Crippen molar-refractivity contribution in [2.24, 2.45) is 0 Å². The van der Waals surface area contributed by atoms with Crippen LogP contribution in [0.2, 0.25) is 0 Å². The van der Waals surface area contributed by atoms with Crippen LogP contribution in [0.3, 0.4) is 0 Å². The van der Waals surface area contributed by atoms with E-state index in [0.29, 0.717) is 132 Å². The van der Waals surface area contributed by atoms with Crippen LogP contribution in [-0.2, 0) is 56.9 Å². The van der Waals surface area contributed by atoms with Gasteiger partial charge in [0.15, 0.2) is 0 Å². The van der Waals surface area contributed by atoms with Crippen molar-refractivity contribution in [3.8, 4) is 0 Å². The van der Waals surface area contributed by atoms with Gasteiger partial charge in [-0.2, -0.15) is 0 Å². The van der Waals surface area contributed by atoms with Crippen LogP contribution in [0.25, 0.3) is 0 Å². The van der Waals surface area contributed by atoms with Gasteiger partial charge in [0, 0.05) is 4.43 Å². The fraction of sp³-hybridized carbons (Fsp3) is 0.960. The maximum absolute atomic E-state index is 11.1. The molecule has 13 heteroatoms. The number of halogens is 1. The lowest BCUT2D eigenvalue weighted by Gasteiger charge is -2.09. The number of carbonyl (C=O) groups is 1. The predicted octanol–water partition coefficient (Wildman–Crippen LogP) is 1.54. The van der Waals surface area contributed by atoms with Gasteiger partial charge >= 0.3 is 5.97 Å². The largest absolute Gasteiger partial charge is 0.466 e. The van der Waals surface area contributed by atoms with Gasteiger partial charge in [-0.05, 0) is 6.92 Å². The van der Waals surface area contributed by atoms with Gasteiger partial charge in [0.05, 0.1) is 145 Å². The fourth-order valence-corrected chi connectivity index (χ4v) is 2.84. The number of ether oxygens (including phenoxy) is 11. The van der Waals surface area contributed by atoms with Crippen molar-refractivity contribution in [1.82, 2.24) is 0 Å². The second kappa shape index (κ2) is 34.8. The quantitative estimate of drug-likeness (QED) is 0.0437. The molecule has 38 heavy (non-hydrogen) atoms. The Morgan fingerprint density at radius 2 is 0.658 bits per heavy atom. The van der Waals surface area contributed by atoms with Crippen LogP contribution in [0.5, 0.6) is 0 Å². The minimum atomic E-state index is -0.248. The highest BCUT2D eigenvalue weighted by atomic mass is 127. The molecule has 0 saturated heterocycles. The highest BCUT2D eigenvalue weighted by Gasteiger charge is 2.00. The van der Waals surface area contributed by atoms with Gasteiger partial charge in [-0.1, -0.05) is 22.6 Å². The molecule has 0 spiro atoms. The average Bonchev–Trinajstić information content (AvgIpc) is 2.92. The van der Waals surface area contributed by atoms with Gasteiger partial charge in [0.25, 0.3) is 0 Å². The van der Waals surface area contributed by atoms with Crippen molar-refractivity contribution >= 4 is 28.6 Å². The zero-order valence-electron chi connectivity index (χ0n) is 23.0. The summed E-state index contributed by atoms with van der Waals surface area (Å²) in [5, 5.41) is 0. The van der Waals surface area contributed by atoms with E-state index in [4.69, 9.17) is 52.1 Å². The number of hydrogen-bond donors (Lipinski definition) is 0. The molecular formula is C25H49IO12. The summed E-state index contributed by atoms with van der Waals surface area (Å²) in [4.78, 5) is 11.1. The minimum absolute atomic E-state index is 0.248. The Kier molecular flexibility index (Phi) is 34.6. The SMILES string of the molecule is CCOC(=O)CCOCCOCCOCCOCCOCCOCCOCCOCCOCCOCCI. The number of rotatable bonds is 33. The third kappa shape index (κ3) is 33.8. The smallest absolute Gasteiger partial charge is 0.308 e. The second-order valence-corrected chi connectivity index (χ2v) is 8.45. The molecule has 0 aromatic rings. The number of hydrogen-bond acceptors (Lipinski definition) is 12. The molecule has 0 N–H and O–H groups in total. The maximum atomic E-state index is 11.1. The summed E-state index contributed by atoms with van der Waals surface area (Å²) in [6.07, 6.45) is 0.260. The predicted molar refractivity (Wildman–Crippen MR) is 148 cm³/mol. The van der Waals surface area contributed by atoms with E-state index in [1.165, 1.54) is 0 Å². The summed E-state index contributed by atoms with van der Waals surface area (Å²) in [5.41, 5.74) is 0. The molecule has 0 radical (unpaired) electrons. The normalized spacial score (nSPS) is 11.3. The van der Waals surface area contributed by atoms with Crippen molar-refractivity contribution in [1.29, 1.82) is 0 Å². The van der Waals surface area contributed by atoms with E-state index in [1.807, 2.05) is 0 Å². The molecule has 0 fully saturated rings. The molecule has 0 aromatic carbocycles. The van der Waals surface area contributed by atoms with Crippen molar-refractivity contribution in [3.63, 3.8) is 0 Å². The van der Waals surface area contributed by atoms with E-state index < -0.39 is 0 Å². The third-order valence-corrected chi connectivity index (χ3v) is 4.77. The number of alkyl halides is 1. The first-order valence-electron chi connectivity index (χ1n) is 13.3. The molecule has 0 amide bonds. The summed E-state index contributed by atoms with van der Waals surface area (Å²) < 4.78 is 59.8. The van der Waals surface area contributed by atoms with E-state index in [0.717, 1.165) is 11.0 Å². The van der Waals surface area contributed by atoms with E-state index in [2.05, 4.69) is 22.6 Å². The minimum Gasteiger partial charge on any atom is -0.466 e. The molecule has 0 aliphatic rings. The van der Waals surface area contributed by atoms with Gasteiger partial charge in [-0.25, -0.2) is 0 Å². The molecule has 0 saturated carbocycles. The highest BCUT2D eigenvalue weighted by Crippen LogP contribution is 1.89. The Hall–Kier alpha value is -0.200. The Labute approximate surface area is 241 Å².